The third-order valence-electron chi connectivity index (χ3n) is 8.45. The van der Waals surface area contributed by atoms with Crippen LogP contribution in [0.3, 0.4) is 0 Å². The van der Waals surface area contributed by atoms with Gasteiger partial charge in [-0.05, 0) is 64.2 Å². The molecule has 0 aliphatic heterocycles. The highest BCUT2D eigenvalue weighted by Gasteiger charge is 2.17. The van der Waals surface area contributed by atoms with Crippen LogP contribution >= 0.6 is 0 Å². The fourth-order valence-corrected chi connectivity index (χ4v) is 5.57. The third kappa shape index (κ3) is 35.0. The van der Waals surface area contributed by atoms with E-state index in [1.165, 1.54) is 0 Å². The largest absolute Gasteiger partial charge is 0.481 e. The van der Waals surface area contributed by atoms with Crippen LogP contribution in [0.5, 0.6) is 0 Å². The molecule has 0 radical (unpaired) electrons. The molecule has 0 heterocycles. The molecule has 0 saturated heterocycles. The van der Waals surface area contributed by atoms with Crippen LogP contribution in [0, 0.1) is 0 Å². The molecule has 0 aromatic carbocycles. The molecule has 9 heteroatoms. The zero-order valence-electron chi connectivity index (χ0n) is 31.0. The zero-order valence-corrected chi connectivity index (χ0v) is 31.0. The lowest BCUT2D eigenvalue weighted by Gasteiger charge is -2.18. The van der Waals surface area contributed by atoms with Crippen LogP contribution in [-0.2, 0) is 33.4 Å². The van der Waals surface area contributed by atoms with E-state index in [0.717, 1.165) is 141 Å². The van der Waals surface area contributed by atoms with Gasteiger partial charge in [0.25, 0.3) is 0 Å². The fourth-order valence-electron chi connectivity index (χ4n) is 5.57. The highest BCUT2D eigenvalue weighted by atomic mass is 16.6. The number of aliphatic carboxylic acids is 2. The zero-order chi connectivity index (χ0) is 36.2. The predicted molar refractivity (Wildman–Crippen MR) is 196 cm³/mol. The number of carboxylic acid groups (broad SMARTS) is 2. The van der Waals surface area contributed by atoms with E-state index in [2.05, 4.69) is 38.2 Å². The van der Waals surface area contributed by atoms with Gasteiger partial charge in [0, 0.05) is 25.7 Å². The maximum absolute atomic E-state index is 12.6. The van der Waals surface area contributed by atoms with Crippen molar-refractivity contribution >= 4 is 23.9 Å². The lowest BCUT2D eigenvalue weighted by atomic mass is 10.1. The topological polar surface area (TPSA) is 136 Å². The normalized spacial score (nSPS) is 12.8. The molecule has 0 saturated carbocycles. The van der Waals surface area contributed by atoms with E-state index >= 15 is 0 Å². The highest BCUT2D eigenvalue weighted by molar-refractivity contribution is 5.73. The summed E-state index contributed by atoms with van der Waals surface area (Å²) in [4.78, 5) is 46.4. The van der Waals surface area contributed by atoms with E-state index in [1.807, 2.05) is 0 Å². The van der Waals surface area contributed by atoms with Crippen LogP contribution in [0.1, 0.15) is 181 Å². The fraction of sp³-hybridized carbons (Fsp3) is 0.800. The first-order valence-electron chi connectivity index (χ1n) is 19.5. The smallest absolute Gasteiger partial charge is 0.332 e. The summed E-state index contributed by atoms with van der Waals surface area (Å²) in [6.07, 6.45) is 31.8. The Morgan fingerprint density at radius 2 is 0.857 bits per heavy atom. The van der Waals surface area contributed by atoms with E-state index < -0.39 is 23.9 Å². The van der Waals surface area contributed by atoms with E-state index in [0.29, 0.717) is 12.8 Å². The Morgan fingerprint density at radius 3 is 1.24 bits per heavy atom. The van der Waals surface area contributed by atoms with Crippen molar-refractivity contribution < 1.29 is 43.6 Å². The SMILES string of the molecule is CCCCCCC(CC=CCCCCCCCC(=O)O)OC(=O)COCC(=O)O[C@@H](CC=CCCCCCCCC(=O)O)CCCCCC. The Kier molecular flexibility index (Phi) is 33.2. The maximum Gasteiger partial charge on any atom is 0.332 e. The highest BCUT2D eigenvalue weighted by Crippen LogP contribution is 2.16. The van der Waals surface area contributed by atoms with E-state index in [-0.39, 0.29) is 38.3 Å². The number of carbonyl (C=O) groups excluding carboxylic acids is 2. The molecule has 284 valence electrons. The Balaban J connectivity index is 4.53. The molecule has 49 heavy (non-hydrogen) atoms. The van der Waals surface area contributed by atoms with Gasteiger partial charge in [0.1, 0.15) is 25.4 Å². The van der Waals surface area contributed by atoms with Gasteiger partial charge in [-0.15, -0.1) is 0 Å². The summed E-state index contributed by atoms with van der Waals surface area (Å²) in [5, 5.41) is 17.4. The van der Waals surface area contributed by atoms with Gasteiger partial charge in [0.2, 0.25) is 0 Å². The Labute approximate surface area is 297 Å². The number of hydrogen-bond acceptors (Lipinski definition) is 7. The minimum atomic E-state index is -0.730. The quantitative estimate of drug-likeness (QED) is 0.0373. The molecule has 0 rings (SSSR count). The lowest BCUT2D eigenvalue weighted by Crippen LogP contribution is -2.25. The number of esters is 2. The van der Waals surface area contributed by atoms with E-state index in [4.69, 9.17) is 24.4 Å². The van der Waals surface area contributed by atoms with E-state index in [1.54, 1.807) is 0 Å². The van der Waals surface area contributed by atoms with Gasteiger partial charge in [-0.2, -0.15) is 0 Å². The summed E-state index contributed by atoms with van der Waals surface area (Å²) in [7, 11) is 0. The number of carbonyl (C=O) groups is 4. The molecule has 0 aromatic rings. The molecular formula is C40H70O9. The second-order valence-electron chi connectivity index (χ2n) is 13.2. The van der Waals surface area contributed by atoms with Crippen molar-refractivity contribution in [1.29, 1.82) is 0 Å². The molecular weight excluding hydrogens is 624 g/mol. The van der Waals surface area contributed by atoms with Gasteiger partial charge in [-0.1, -0.05) is 115 Å². The first kappa shape index (κ1) is 46.3. The summed E-state index contributed by atoms with van der Waals surface area (Å²) in [6.45, 7) is 3.76. The van der Waals surface area contributed by atoms with Crippen molar-refractivity contribution in [1.82, 2.24) is 0 Å². The number of rotatable bonds is 36. The Morgan fingerprint density at radius 1 is 0.490 bits per heavy atom. The van der Waals surface area contributed by atoms with Crippen LogP contribution in [-0.4, -0.2) is 59.5 Å². The minimum Gasteiger partial charge on any atom is -0.481 e. The number of carboxylic acids is 2. The third-order valence-corrected chi connectivity index (χ3v) is 8.45. The standard InChI is InChI=1S/C40H70O9/c1-3-5-7-21-27-35(29-23-17-13-9-11-15-19-25-31-37(41)42)48-39(45)33-47-34-40(46)49-36(28-22-8-6-4-2)30-24-18-14-10-12-16-20-26-32-38(43)44/h17-18,23-24,35-36H,3-16,19-22,25-34H2,1-2H3,(H,41,42)(H,43,44)/t35-,36?/m1/s1. The maximum atomic E-state index is 12.6. The van der Waals surface area contributed by atoms with Gasteiger partial charge in [-0.3, -0.25) is 9.59 Å². The van der Waals surface area contributed by atoms with Gasteiger partial charge < -0.3 is 24.4 Å². The molecule has 0 fully saturated rings. The summed E-state index contributed by atoms with van der Waals surface area (Å²) in [5.41, 5.74) is 0. The monoisotopic (exact) mass is 695 g/mol. The van der Waals surface area contributed by atoms with Crippen molar-refractivity contribution in [2.24, 2.45) is 0 Å². The van der Waals surface area contributed by atoms with Crippen LogP contribution in [0.25, 0.3) is 0 Å². The number of unbranched alkanes of at least 4 members (excludes halogenated alkanes) is 16. The number of ether oxygens (including phenoxy) is 3. The van der Waals surface area contributed by atoms with Crippen molar-refractivity contribution in [3.8, 4) is 0 Å². The molecule has 1 unspecified atom stereocenters. The molecule has 0 amide bonds. The van der Waals surface area contributed by atoms with E-state index in [9.17, 15) is 19.2 Å². The van der Waals surface area contributed by atoms with Gasteiger partial charge in [0.05, 0.1) is 0 Å². The van der Waals surface area contributed by atoms with Gasteiger partial charge in [-0.25, -0.2) is 9.59 Å². The summed E-state index contributed by atoms with van der Waals surface area (Å²) in [5.74, 6) is -2.40. The first-order valence-corrected chi connectivity index (χ1v) is 19.5. The molecule has 0 aromatic heterocycles. The molecule has 0 aliphatic carbocycles. The lowest BCUT2D eigenvalue weighted by molar-refractivity contribution is -0.161. The van der Waals surface area contributed by atoms with Gasteiger partial charge in [0.15, 0.2) is 0 Å². The average molecular weight is 695 g/mol. The molecule has 0 spiro atoms. The average Bonchev–Trinajstić information content (AvgIpc) is 3.06. The summed E-state index contributed by atoms with van der Waals surface area (Å²) < 4.78 is 16.9. The van der Waals surface area contributed by atoms with Crippen LogP contribution in [0.4, 0.5) is 0 Å². The van der Waals surface area contributed by atoms with Crippen molar-refractivity contribution in [3.05, 3.63) is 24.3 Å². The first-order chi connectivity index (χ1) is 23.8. The molecule has 0 aliphatic rings. The summed E-state index contributed by atoms with van der Waals surface area (Å²) in [6, 6.07) is 0. The molecule has 9 nitrogen and oxygen atoms in total. The number of allylic oxidation sites excluding steroid dienone is 2. The van der Waals surface area contributed by atoms with Crippen molar-refractivity contribution in [3.63, 3.8) is 0 Å². The second kappa shape index (κ2) is 35.2. The number of hydrogen-bond donors (Lipinski definition) is 2. The van der Waals surface area contributed by atoms with Crippen LogP contribution in [0.15, 0.2) is 24.3 Å². The molecule has 2 atom stereocenters. The van der Waals surface area contributed by atoms with Crippen molar-refractivity contribution in [2.45, 2.75) is 193 Å². The second-order valence-corrected chi connectivity index (χ2v) is 13.2. The molecule has 0 bridgehead atoms. The summed E-state index contributed by atoms with van der Waals surface area (Å²) >= 11 is 0. The van der Waals surface area contributed by atoms with Crippen molar-refractivity contribution in [2.75, 3.05) is 13.2 Å². The Bertz CT molecular complexity index is 813. The van der Waals surface area contributed by atoms with Gasteiger partial charge >= 0.3 is 23.9 Å². The molecule has 2 N–H and O–H groups in total. The van der Waals surface area contributed by atoms with Crippen LogP contribution < -0.4 is 0 Å². The Hall–Kier alpha value is -2.68. The minimum absolute atomic E-state index is 0.219. The van der Waals surface area contributed by atoms with Crippen LogP contribution in [0.2, 0.25) is 0 Å². The predicted octanol–water partition coefficient (Wildman–Crippen LogP) is 10.3.